The smallest absolute Gasteiger partial charge is 0.0831 e. The topological polar surface area (TPSA) is 21.3 Å². The molecular formula is C15H29NO. The predicted octanol–water partition coefficient (Wildman–Crippen LogP) is 3.67. The van der Waals surface area contributed by atoms with Gasteiger partial charge in [0.1, 0.15) is 0 Å². The van der Waals surface area contributed by atoms with Gasteiger partial charge in [-0.05, 0) is 38.6 Å². The van der Waals surface area contributed by atoms with E-state index in [0.29, 0.717) is 6.04 Å². The number of ether oxygens (including phenoxy) is 1. The monoisotopic (exact) mass is 239 g/mol. The van der Waals surface area contributed by atoms with Gasteiger partial charge in [-0.15, -0.1) is 6.58 Å². The van der Waals surface area contributed by atoms with E-state index in [4.69, 9.17) is 4.74 Å². The van der Waals surface area contributed by atoms with Crippen LogP contribution >= 0.6 is 0 Å². The summed E-state index contributed by atoms with van der Waals surface area (Å²) < 4.78 is 5.94. The molecule has 0 radical (unpaired) electrons. The van der Waals surface area contributed by atoms with Gasteiger partial charge < -0.3 is 10.1 Å². The Bertz CT molecular complexity index is 209. The van der Waals surface area contributed by atoms with Crippen LogP contribution in [0.3, 0.4) is 0 Å². The maximum absolute atomic E-state index is 5.94. The third-order valence-corrected chi connectivity index (χ3v) is 4.04. The SMILES string of the molecule is C=CCCC(NCCC)C1(OC)CCCCC1. The van der Waals surface area contributed by atoms with Gasteiger partial charge in [0.05, 0.1) is 5.60 Å². The quantitative estimate of drug-likeness (QED) is 0.653. The van der Waals surface area contributed by atoms with E-state index in [1.54, 1.807) is 0 Å². The molecule has 0 aromatic heterocycles. The number of allylic oxidation sites excluding steroid dienone is 1. The Morgan fingerprint density at radius 2 is 2.06 bits per heavy atom. The molecule has 0 amide bonds. The lowest BCUT2D eigenvalue weighted by atomic mass is 9.77. The molecule has 0 heterocycles. The standard InChI is InChI=1S/C15H29NO/c1-4-6-10-14(16-13-5-2)15(17-3)11-8-7-9-12-15/h4,14,16H,1,5-13H2,2-3H3. The summed E-state index contributed by atoms with van der Waals surface area (Å²) in [4.78, 5) is 0. The van der Waals surface area contributed by atoms with Crippen LogP contribution in [-0.4, -0.2) is 25.3 Å². The van der Waals surface area contributed by atoms with E-state index in [1.807, 2.05) is 13.2 Å². The van der Waals surface area contributed by atoms with Crippen LogP contribution in [0.4, 0.5) is 0 Å². The van der Waals surface area contributed by atoms with Crippen molar-refractivity contribution in [1.29, 1.82) is 0 Å². The zero-order valence-corrected chi connectivity index (χ0v) is 11.6. The fraction of sp³-hybridized carbons (Fsp3) is 0.867. The van der Waals surface area contributed by atoms with Crippen molar-refractivity contribution in [3.05, 3.63) is 12.7 Å². The molecule has 0 aliphatic heterocycles. The molecule has 0 spiro atoms. The van der Waals surface area contributed by atoms with Crippen molar-refractivity contribution < 1.29 is 4.74 Å². The van der Waals surface area contributed by atoms with Crippen molar-refractivity contribution in [3.63, 3.8) is 0 Å². The number of nitrogens with one attached hydrogen (secondary N) is 1. The largest absolute Gasteiger partial charge is 0.377 e. The lowest BCUT2D eigenvalue weighted by Crippen LogP contribution is -2.53. The summed E-state index contributed by atoms with van der Waals surface area (Å²) in [5.41, 5.74) is 0.0798. The van der Waals surface area contributed by atoms with Crippen molar-refractivity contribution >= 4 is 0 Å². The van der Waals surface area contributed by atoms with E-state index in [9.17, 15) is 0 Å². The molecular weight excluding hydrogens is 210 g/mol. The Balaban J connectivity index is 2.64. The van der Waals surface area contributed by atoms with Gasteiger partial charge in [-0.1, -0.05) is 32.3 Å². The minimum absolute atomic E-state index is 0.0798. The van der Waals surface area contributed by atoms with Gasteiger partial charge in [-0.25, -0.2) is 0 Å². The van der Waals surface area contributed by atoms with E-state index in [-0.39, 0.29) is 5.60 Å². The highest BCUT2D eigenvalue weighted by Crippen LogP contribution is 2.35. The third kappa shape index (κ3) is 4.11. The summed E-state index contributed by atoms with van der Waals surface area (Å²) in [7, 11) is 1.89. The molecule has 100 valence electrons. The molecule has 0 bridgehead atoms. The van der Waals surface area contributed by atoms with E-state index in [0.717, 1.165) is 19.4 Å². The fourth-order valence-corrected chi connectivity index (χ4v) is 3.00. The van der Waals surface area contributed by atoms with Gasteiger partial charge in [0.25, 0.3) is 0 Å². The zero-order chi connectivity index (χ0) is 12.6. The number of rotatable bonds is 8. The van der Waals surface area contributed by atoms with Crippen LogP contribution in [-0.2, 0) is 4.74 Å². The summed E-state index contributed by atoms with van der Waals surface area (Å²) in [5.74, 6) is 0. The lowest BCUT2D eigenvalue weighted by Gasteiger charge is -2.43. The van der Waals surface area contributed by atoms with Crippen LogP contribution in [0.2, 0.25) is 0 Å². The molecule has 1 saturated carbocycles. The van der Waals surface area contributed by atoms with E-state index >= 15 is 0 Å². The average Bonchev–Trinajstić information content (AvgIpc) is 2.39. The number of methoxy groups -OCH3 is 1. The maximum atomic E-state index is 5.94. The molecule has 1 rings (SSSR count). The molecule has 2 heteroatoms. The average molecular weight is 239 g/mol. The van der Waals surface area contributed by atoms with Crippen molar-refractivity contribution in [3.8, 4) is 0 Å². The van der Waals surface area contributed by atoms with Crippen LogP contribution in [0.1, 0.15) is 58.3 Å². The molecule has 0 saturated heterocycles. The molecule has 1 atom stereocenters. The molecule has 0 aromatic rings. The predicted molar refractivity (Wildman–Crippen MR) is 74.3 cm³/mol. The Hall–Kier alpha value is -0.340. The Morgan fingerprint density at radius 3 is 2.59 bits per heavy atom. The van der Waals surface area contributed by atoms with Crippen LogP contribution in [0.15, 0.2) is 12.7 Å². The molecule has 0 aromatic carbocycles. The fourth-order valence-electron chi connectivity index (χ4n) is 3.00. The molecule has 2 nitrogen and oxygen atoms in total. The van der Waals surface area contributed by atoms with Gasteiger partial charge in [-0.2, -0.15) is 0 Å². The second-order valence-corrected chi connectivity index (χ2v) is 5.20. The van der Waals surface area contributed by atoms with E-state index in [1.165, 1.54) is 38.5 Å². The van der Waals surface area contributed by atoms with E-state index in [2.05, 4.69) is 18.8 Å². The Kier molecular flexibility index (Phi) is 6.83. The second-order valence-electron chi connectivity index (χ2n) is 5.20. The van der Waals surface area contributed by atoms with E-state index < -0.39 is 0 Å². The maximum Gasteiger partial charge on any atom is 0.0831 e. The first kappa shape index (κ1) is 14.7. The van der Waals surface area contributed by atoms with Crippen molar-refractivity contribution in [2.45, 2.75) is 69.9 Å². The minimum atomic E-state index is 0.0798. The zero-order valence-electron chi connectivity index (χ0n) is 11.6. The summed E-state index contributed by atoms with van der Waals surface area (Å²) in [6.45, 7) is 7.15. The molecule has 1 unspecified atom stereocenters. The molecule has 1 fully saturated rings. The van der Waals surface area contributed by atoms with Crippen LogP contribution in [0, 0.1) is 0 Å². The third-order valence-electron chi connectivity index (χ3n) is 4.04. The first-order chi connectivity index (χ1) is 8.29. The highest BCUT2D eigenvalue weighted by atomic mass is 16.5. The van der Waals surface area contributed by atoms with Gasteiger partial charge in [0.15, 0.2) is 0 Å². The van der Waals surface area contributed by atoms with Gasteiger partial charge in [0, 0.05) is 13.2 Å². The van der Waals surface area contributed by atoms with Gasteiger partial charge in [-0.3, -0.25) is 0 Å². The highest BCUT2D eigenvalue weighted by Gasteiger charge is 2.39. The van der Waals surface area contributed by atoms with Crippen LogP contribution in [0.5, 0.6) is 0 Å². The summed E-state index contributed by atoms with van der Waals surface area (Å²) in [6, 6.07) is 0.491. The summed E-state index contributed by atoms with van der Waals surface area (Å²) in [6.07, 6.45) is 11.8. The summed E-state index contributed by atoms with van der Waals surface area (Å²) in [5, 5.41) is 3.69. The van der Waals surface area contributed by atoms with Crippen molar-refractivity contribution in [1.82, 2.24) is 5.32 Å². The first-order valence-corrected chi connectivity index (χ1v) is 7.18. The molecule has 1 aliphatic rings. The molecule has 17 heavy (non-hydrogen) atoms. The Labute approximate surface area is 107 Å². The second kappa shape index (κ2) is 7.88. The van der Waals surface area contributed by atoms with Crippen molar-refractivity contribution in [2.75, 3.05) is 13.7 Å². The molecule has 1 N–H and O–H groups in total. The van der Waals surface area contributed by atoms with Crippen molar-refractivity contribution in [2.24, 2.45) is 0 Å². The summed E-state index contributed by atoms with van der Waals surface area (Å²) >= 11 is 0. The Morgan fingerprint density at radius 1 is 1.35 bits per heavy atom. The minimum Gasteiger partial charge on any atom is -0.377 e. The van der Waals surface area contributed by atoms with Gasteiger partial charge in [0.2, 0.25) is 0 Å². The highest BCUT2D eigenvalue weighted by molar-refractivity contribution is 4.96. The number of hydrogen-bond acceptors (Lipinski definition) is 2. The first-order valence-electron chi connectivity index (χ1n) is 7.18. The molecule has 1 aliphatic carbocycles. The number of hydrogen-bond donors (Lipinski definition) is 1. The van der Waals surface area contributed by atoms with Crippen LogP contribution < -0.4 is 5.32 Å². The lowest BCUT2D eigenvalue weighted by molar-refractivity contribution is -0.0690. The normalized spacial score (nSPS) is 21.1. The van der Waals surface area contributed by atoms with Crippen LogP contribution in [0.25, 0.3) is 0 Å². The van der Waals surface area contributed by atoms with Gasteiger partial charge >= 0.3 is 0 Å².